The van der Waals surface area contributed by atoms with Crippen LogP contribution >= 0.6 is 0 Å². The summed E-state index contributed by atoms with van der Waals surface area (Å²) in [5.41, 5.74) is 6.43. The number of ether oxygens (including phenoxy) is 4. The van der Waals surface area contributed by atoms with Crippen molar-refractivity contribution >= 4 is 49.1 Å². The lowest BCUT2D eigenvalue weighted by atomic mass is 10.2. The summed E-state index contributed by atoms with van der Waals surface area (Å²) >= 11 is 0. The zero-order chi connectivity index (χ0) is 45.2. The highest BCUT2D eigenvalue weighted by Crippen LogP contribution is 2.37. The van der Waals surface area contributed by atoms with Gasteiger partial charge in [-0.05, 0) is 148 Å². The fourth-order valence-corrected chi connectivity index (χ4v) is 7.02. The fourth-order valence-electron chi connectivity index (χ4n) is 7.02. The maximum atomic E-state index is 9.36. The molecule has 0 saturated heterocycles. The van der Waals surface area contributed by atoms with Crippen molar-refractivity contribution in [1.82, 2.24) is 0 Å². The third-order valence-electron chi connectivity index (χ3n) is 10.3. The molecule has 8 aromatic carbocycles. The number of aromatic hydroxyl groups is 1. The second kappa shape index (κ2) is 18.6. The van der Waals surface area contributed by atoms with Gasteiger partial charge in [-0.3, -0.25) is 0 Å². The molecule has 2 N–H and O–H groups in total. The Hall–Kier alpha value is -8.60. The molecule has 12 rings (SSSR count). The van der Waals surface area contributed by atoms with Crippen LogP contribution in [0.1, 0.15) is 24.1 Å². The molecule has 0 aromatic heterocycles. The first-order chi connectivity index (χ1) is 31.4. The van der Waals surface area contributed by atoms with E-state index in [1.165, 1.54) is 11.1 Å². The third-order valence-corrected chi connectivity index (χ3v) is 10.3. The molecule has 66 heavy (non-hydrogen) atoms. The lowest BCUT2D eigenvalue weighted by Gasteiger charge is -2.14. The van der Waals surface area contributed by atoms with Gasteiger partial charge in [-0.25, -0.2) is 20.0 Å². The van der Waals surface area contributed by atoms with Crippen LogP contribution in [0.25, 0.3) is 26.3 Å². The summed E-state index contributed by atoms with van der Waals surface area (Å²) in [7, 11) is 0. The summed E-state index contributed by atoms with van der Waals surface area (Å²) in [5, 5.41) is 25.4. The van der Waals surface area contributed by atoms with Gasteiger partial charge in [0, 0.05) is 6.07 Å². The number of fused-ring (bicyclic) bond motifs is 8. The molecule has 0 fully saturated rings. The minimum Gasteiger partial charge on any atom is -0.508 e. The van der Waals surface area contributed by atoms with Gasteiger partial charge in [-0.15, -0.1) is 0 Å². The van der Waals surface area contributed by atoms with E-state index in [1.54, 1.807) is 24.3 Å². The summed E-state index contributed by atoms with van der Waals surface area (Å²) in [6, 6.07) is 45.2. The van der Waals surface area contributed by atoms with E-state index >= 15 is 0 Å². The molecule has 0 spiro atoms. The van der Waals surface area contributed by atoms with Crippen LogP contribution in [-0.2, 0) is 6.61 Å². The number of aryl methyl sites for hydroxylation is 2. The molecule has 0 bridgehead atoms. The third kappa shape index (κ3) is 9.79. The molecule has 10 heteroatoms. The Labute approximate surface area is 381 Å². The molecule has 4 heterocycles. The van der Waals surface area contributed by atoms with E-state index in [1.807, 2.05) is 135 Å². The largest absolute Gasteiger partial charge is 0.508 e. The first-order valence-corrected chi connectivity index (χ1v) is 20.6. The maximum Gasteiger partial charge on any atom is 0.156 e. The van der Waals surface area contributed by atoms with E-state index in [0.29, 0.717) is 23.0 Å². The van der Waals surface area contributed by atoms with Crippen LogP contribution in [0, 0.1) is 13.8 Å². The van der Waals surface area contributed by atoms with Crippen LogP contribution in [0.4, 0.5) is 22.7 Å². The monoisotopic (exact) mass is 870 g/mol. The highest BCUT2D eigenvalue weighted by Gasteiger charge is 2.15. The van der Waals surface area contributed by atoms with E-state index in [4.69, 9.17) is 24.1 Å². The zero-order valence-corrected chi connectivity index (χ0v) is 35.7. The highest BCUT2D eigenvalue weighted by atomic mass is 16.5. The van der Waals surface area contributed by atoms with Crippen molar-refractivity contribution in [1.29, 1.82) is 0 Å². The van der Waals surface area contributed by atoms with Crippen molar-refractivity contribution in [3.8, 4) is 51.7 Å². The topological polar surface area (TPSA) is 127 Å². The molecule has 0 aliphatic carbocycles. The first kappa shape index (κ1) is 44.0. The Morgan fingerprint density at radius 3 is 1.06 bits per heavy atom. The van der Waals surface area contributed by atoms with Gasteiger partial charge in [0.2, 0.25) is 0 Å². The highest BCUT2D eigenvalue weighted by molar-refractivity contribution is 5.60. The van der Waals surface area contributed by atoms with E-state index in [-0.39, 0.29) is 19.8 Å². The normalized spacial score (nSPS) is 11.9. The van der Waals surface area contributed by atoms with Crippen LogP contribution in [0.15, 0.2) is 166 Å². The number of nitrogens with zero attached hydrogens (tertiary/aromatic N) is 4. The van der Waals surface area contributed by atoms with E-state index in [2.05, 4.69) is 46.3 Å². The van der Waals surface area contributed by atoms with Crippen LogP contribution in [-0.4, -0.2) is 10.2 Å². The molecular weight excluding hydrogens is 825 g/mol. The summed E-state index contributed by atoms with van der Waals surface area (Å²) in [6.07, 6.45) is 0. The maximum absolute atomic E-state index is 9.36. The summed E-state index contributed by atoms with van der Waals surface area (Å²) < 4.78 is 23.0. The van der Waals surface area contributed by atoms with E-state index < -0.39 is 0 Å². The molecular formula is C56H46N4O6. The minimum atomic E-state index is -0.00112. The Kier molecular flexibility index (Phi) is 12.4. The summed E-state index contributed by atoms with van der Waals surface area (Å²) in [5.74, 6) is 5.99. The van der Waals surface area contributed by atoms with Gasteiger partial charge in [0.15, 0.2) is 46.0 Å². The number of hydrogen-bond acceptors (Lipinski definition) is 10. The standard InChI is InChI=1S/C14H11NO2.2C14H11NO.C13H9NO2.CH4/c1-9-2-4-11-13(6-9)17-14-7-10(8-16)3-5-12(14)15-11;2*1-9-3-5-11-13(7-9)16-14-8-10(2)4-6-12(14)15-11;1-8-2-4-10-12(6-8)16-13-7-9(15)3-5-11(13)14-10;/h2-7,16H,1,8H2;2*3-8H,1H2,2H3;2-7,15H,1H2;1H4. The predicted octanol–water partition coefficient (Wildman–Crippen LogP) is 9.07. The van der Waals surface area contributed by atoms with Crippen molar-refractivity contribution in [3.63, 3.8) is 0 Å². The number of hydrogen-bond donors (Lipinski definition) is 2. The molecule has 0 atom stereocenters. The van der Waals surface area contributed by atoms with Crippen LogP contribution in [0.3, 0.4) is 0 Å². The SMILES string of the molecule is C.C=c1ccc2c(c1)Oc1cc(C)ccc1N=2.C=c1ccc2c(c1)Oc1cc(C)ccc1N=2.C=c1ccc2c(c1)Oc1cc(CO)ccc1N=2.C=c1ccc2c(c1)Oc1cc(O)ccc1N=2. The van der Waals surface area contributed by atoms with Gasteiger partial charge in [-0.2, -0.15) is 0 Å². The Bertz CT molecular complexity index is 3400. The van der Waals surface area contributed by atoms with Crippen molar-refractivity contribution in [2.24, 2.45) is 20.0 Å². The quantitative estimate of drug-likeness (QED) is 0.170. The molecule has 4 aliphatic rings. The number of benzene rings is 8. The second-order valence-corrected chi connectivity index (χ2v) is 15.6. The number of aliphatic hydroxyl groups is 1. The molecule has 4 aliphatic heterocycles. The Morgan fingerprint density at radius 2 is 0.697 bits per heavy atom. The second-order valence-electron chi connectivity index (χ2n) is 15.6. The van der Waals surface area contributed by atoms with Gasteiger partial charge in [-0.1, -0.05) is 76.2 Å². The van der Waals surface area contributed by atoms with Gasteiger partial charge in [0.25, 0.3) is 0 Å². The Morgan fingerprint density at radius 1 is 0.379 bits per heavy atom. The molecule has 0 amide bonds. The van der Waals surface area contributed by atoms with Crippen molar-refractivity contribution in [2.75, 3.05) is 0 Å². The van der Waals surface area contributed by atoms with Crippen LogP contribution < -0.4 is 61.3 Å². The molecule has 326 valence electrons. The first-order valence-electron chi connectivity index (χ1n) is 20.6. The van der Waals surface area contributed by atoms with Crippen LogP contribution in [0.5, 0.6) is 51.7 Å². The molecule has 0 saturated carbocycles. The van der Waals surface area contributed by atoms with Gasteiger partial charge in [0.1, 0.15) is 49.9 Å². The smallest absolute Gasteiger partial charge is 0.156 e. The summed E-state index contributed by atoms with van der Waals surface area (Å²) in [4.78, 5) is 18.0. The van der Waals surface area contributed by atoms with Gasteiger partial charge < -0.3 is 29.2 Å². The number of rotatable bonds is 1. The van der Waals surface area contributed by atoms with E-state index in [0.717, 1.165) is 93.6 Å². The van der Waals surface area contributed by atoms with Gasteiger partial charge in [0.05, 0.1) is 6.61 Å². The molecule has 10 nitrogen and oxygen atoms in total. The average molecular weight is 871 g/mol. The number of aliphatic hydroxyl groups excluding tert-OH is 1. The van der Waals surface area contributed by atoms with Gasteiger partial charge >= 0.3 is 0 Å². The number of phenolic OH excluding ortho intramolecular Hbond substituents is 1. The van der Waals surface area contributed by atoms with Crippen molar-refractivity contribution in [2.45, 2.75) is 27.9 Å². The lowest BCUT2D eigenvalue weighted by molar-refractivity contribution is 0.281. The lowest BCUT2D eigenvalue weighted by Crippen LogP contribution is -2.13. The average Bonchev–Trinajstić information content (AvgIpc) is 3.29. The predicted molar refractivity (Wildman–Crippen MR) is 259 cm³/mol. The Balaban J connectivity index is 0.000000119. The van der Waals surface area contributed by atoms with E-state index in [9.17, 15) is 5.11 Å². The molecule has 8 aromatic rings. The van der Waals surface area contributed by atoms with Crippen LogP contribution in [0.2, 0.25) is 0 Å². The minimum absolute atomic E-state index is 0. The molecule has 0 unspecified atom stereocenters. The number of phenols is 1. The molecule has 0 radical (unpaired) electrons. The zero-order valence-electron chi connectivity index (χ0n) is 35.7. The van der Waals surface area contributed by atoms with Crippen molar-refractivity contribution < 1.29 is 29.2 Å². The summed E-state index contributed by atoms with van der Waals surface area (Å²) in [6.45, 7) is 19.5. The van der Waals surface area contributed by atoms with Crippen molar-refractivity contribution in [3.05, 3.63) is 205 Å². The fraction of sp³-hybridized carbons (Fsp3) is 0.0714.